The van der Waals surface area contributed by atoms with Gasteiger partial charge < -0.3 is 16.0 Å². The highest BCUT2D eigenvalue weighted by Crippen LogP contribution is 2.22. The molecule has 98 valence electrons. The summed E-state index contributed by atoms with van der Waals surface area (Å²) >= 11 is 0. The molecule has 0 bridgehead atoms. The predicted molar refractivity (Wildman–Crippen MR) is 66.3 cm³/mol. The molecule has 0 aromatic carbocycles. The van der Waals surface area contributed by atoms with Crippen molar-refractivity contribution in [1.82, 2.24) is 10.2 Å². The molecule has 0 atom stereocenters. The van der Waals surface area contributed by atoms with Gasteiger partial charge >= 0.3 is 11.8 Å². The number of nitrogens with zero attached hydrogens (tertiary/aromatic N) is 1. The Kier molecular flexibility index (Phi) is 5.97. The standard InChI is InChI=1S/C12H23N3O2/c1-2-15(10-6-4-3-5-7-10)12(17)11(16)14-9-8-13/h10H,2-9,13H2,1H3,(H,14,16). The van der Waals surface area contributed by atoms with Crippen LogP contribution in [0.15, 0.2) is 0 Å². The molecule has 0 aromatic rings. The van der Waals surface area contributed by atoms with Gasteiger partial charge in [0.05, 0.1) is 0 Å². The van der Waals surface area contributed by atoms with Crippen molar-refractivity contribution in [3.63, 3.8) is 0 Å². The summed E-state index contributed by atoms with van der Waals surface area (Å²) in [6.07, 6.45) is 5.58. The Bertz CT molecular complexity index is 262. The molecule has 0 heterocycles. The zero-order chi connectivity index (χ0) is 12.7. The molecular formula is C12H23N3O2. The minimum atomic E-state index is -0.525. The first-order valence-electron chi connectivity index (χ1n) is 6.49. The SMILES string of the molecule is CCN(C(=O)C(=O)NCCN)C1CCCCC1. The third-order valence-electron chi connectivity index (χ3n) is 3.24. The van der Waals surface area contributed by atoms with Crippen molar-refractivity contribution < 1.29 is 9.59 Å². The third-order valence-corrected chi connectivity index (χ3v) is 3.24. The van der Waals surface area contributed by atoms with Gasteiger partial charge in [0, 0.05) is 25.7 Å². The van der Waals surface area contributed by atoms with E-state index in [9.17, 15) is 9.59 Å². The third kappa shape index (κ3) is 4.00. The van der Waals surface area contributed by atoms with Gasteiger partial charge in [-0.05, 0) is 19.8 Å². The molecule has 1 saturated carbocycles. The fourth-order valence-electron chi connectivity index (χ4n) is 2.35. The molecule has 3 N–H and O–H groups in total. The zero-order valence-corrected chi connectivity index (χ0v) is 10.6. The first-order valence-corrected chi connectivity index (χ1v) is 6.49. The largest absolute Gasteiger partial charge is 0.347 e. The molecule has 0 aromatic heterocycles. The monoisotopic (exact) mass is 241 g/mol. The Balaban J connectivity index is 2.53. The van der Waals surface area contributed by atoms with Crippen LogP contribution >= 0.6 is 0 Å². The minimum absolute atomic E-state index is 0.241. The highest BCUT2D eigenvalue weighted by Gasteiger charge is 2.27. The van der Waals surface area contributed by atoms with Crippen LogP contribution in [-0.2, 0) is 9.59 Å². The molecule has 1 aliphatic rings. The summed E-state index contributed by atoms with van der Waals surface area (Å²) in [4.78, 5) is 25.2. The first-order chi connectivity index (χ1) is 8.20. The quantitative estimate of drug-likeness (QED) is 0.692. The van der Waals surface area contributed by atoms with Crippen molar-refractivity contribution >= 4 is 11.8 Å². The van der Waals surface area contributed by atoms with Crippen molar-refractivity contribution in [1.29, 1.82) is 0 Å². The topological polar surface area (TPSA) is 75.4 Å². The summed E-state index contributed by atoms with van der Waals surface area (Å²) in [7, 11) is 0. The number of likely N-dealkylation sites (N-methyl/N-ethyl adjacent to an activating group) is 1. The minimum Gasteiger partial charge on any atom is -0.347 e. The van der Waals surface area contributed by atoms with E-state index in [-0.39, 0.29) is 6.04 Å². The van der Waals surface area contributed by atoms with Crippen molar-refractivity contribution in [2.75, 3.05) is 19.6 Å². The van der Waals surface area contributed by atoms with Gasteiger partial charge in [0.15, 0.2) is 0 Å². The van der Waals surface area contributed by atoms with Crippen LogP contribution in [0.3, 0.4) is 0 Å². The molecule has 1 aliphatic carbocycles. The van der Waals surface area contributed by atoms with E-state index in [1.165, 1.54) is 6.42 Å². The van der Waals surface area contributed by atoms with Crippen LogP contribution < -0.4 is 11.1 Å². The molecule has 0 saturated heterocycles. The second-order valence-corrected chi connectivity index (χ2v) is 4.43. The van der Waals surface area contributed by atoms with Crippen molar-refractivity contribution in [2.45, 2.75) is 45.1 Å². The Labute approximate surface area is 103 Å². The summed E-state index contributed by atoms with van der Waals surface area (Å²) in [5.41, 5.74) is 5.29. The van der Waals surface area contributed by atoms with Gasteiger partial charge in [-0.1, -0.05) is 19.3 Å². The molecule has 1 fully saturated rings. The Morgan fingerprint density at radius 3 is 2.47 bits per heavy atom. The predicted octanol–water partition coefficient (Wildman–Crippen LogP) is 0.243. The van der Waals surface area contributed by atoms with E-state index in [1.807, 2.05) is 6.92 Å². The summed E-state index contributed by atoms with van der Waals surface area (Å²) < 4.78 is 0. The number of hydrogen-bond acceptors (Lipinski definition) is 3. The van der Waals surface area contributed by atoms with Gasteiger partial charge in [0.25, 0.3) is 0 Å². The maximum atomic E-state index is 12.0. The summed E-state index contributed by atoms with van der Waals surface area (Å²) in [5.74, 6) is -0.935. The lowest BCUT2D eigenvalue weighted by Gasteiger charge is -2.33. The maximum absolute atomic E-state index is 12.0. The Morgan fingerprint density at radius 2 is 1.94 bits per heavy atom. The van der Waals surface area contributed by atoms with E-state index < -0.39 is 11.8 Å². The van der Waals surface area contributed by atoms with E-state index in [2.05, 4.69) is 5.32 Å². The normalized spacial score (nSPS) is 16.6. The molecule has 17 heavy (non-hydrogen) atoms. The number of rotatable bonds is 4. The lowest BCUT2D eigenvalue weighted by Crippen LogP contribution is -2.49. The average molecular weight is 241 g/mol. The summed E-state index contributed by atoms with van der Waals surface area (Å²) in [5, 5.41) is 2.53. The Morgan fingerprint density at radius 1 is 1.29 bits per heavy atom. The van der Waals surface area contributed by atoms with Crippen LogP contribution in [0.1, 0.15) is 39.0 Å². The van der Waals surface area contributed by atoms with E-state index in [1.54, 1.807) is 4.90 Å². The van der Waals surface area contributed by atoms with Crippen LogP contribution in [0.2, 0.25) is 0 Å². The lowest BCUT2D eigenvalue weighted by molar-refractivity contribution is -0.147. The van der Waals surface area contributed by atoms with E-state index >= 15 is 0 Å². The van der Waals surface area contributed by atoms with Gasteiger partial charge in [0.2, 0.25) is 0 Å². The molecule has 5 nitrogen and oxygen atoms in total. The fourth-order valence-corrected chi connectivity index (χ4v) is 2.35. The van der Waals surface area contributed by atoms with E-state index in [0.29, 0.717) is 19.6 Å². The summed E-state index contributed by atoms with van der Waals surface area (Å²) in [6.45, 7) is 3.23. The second-order valence-electron chi connectivity index (χ2n) is 4.43. The van der Waals surface area contributed by atoms with Crippen molar-refractivity contribution in [3.05, 3.63) is 0 Å². The Hall–Kier alpha value is -1.10. The second kappa shape index (κ2) is 7.27. The highest BCUT2D eigenvalue weighted by molar-refractivity contribution is 6.35. The van der Waals surface area contributed by atoms with Gasteiger partial charge in [-0.15, -0.1) is 0 Å². The fraction of sp³-hybridized carbons (Fsp3) is 0.833. The van der Waals surface area contributed by atoms with Crippen molar-refractivity contribution in [2.24, 2.45) is 5.73 Å². The maximum Gasteiger partial charge on any atom is 0.312 e. The summed E-state index contributed by atoms with van der Waals surface area (Å²) in [6, 6.07) is 0.241. The molecule has 2 amide bonds. The smallest absolute Gasteiger partial charge is 0.312 e. The number of nitrogens with two attached hydrogens (primary N) is 1. The first kappa shape index (κ1) is 14.0. The van der Waals surface area contributed by atoms with Gasteiger partial charge in [-0.2, -0.15) is 0 Å². The van der Waals surface area contributed by atoms with Crippen LogP contribution in [0.5, 0.6) is 0 Å². The van der Waals surface area contributed by atoms with Crippen LogP contribution in [-0.4, -0.2) is 42.4 Å². The lowest BCUT2D eigenvalue weighted by atomic mass is 9.94. The molecule has 0 unspecified atom stereocenters. The molecule has 0 aliphatic heterocycles. The molecule has 1 rings (SSSR count). The average Bonchev–Trinajstić information content (AvgIpc) is 2.38. The van der Waals surface area contributed by atoms with E-state index in [4.69, 9.17) is 5.73 Å². The van der Waals surface area contributed by atoms with Crippen LogP contribution in [0.4, 0.5) is 0 Å². The number of carbonyl (C=O) groups excluding carboxylic acids is 2. The number of nitrogens with one attached hydrogen (secondary N) is 1. The highest BCUT2D eigenvalue weighted by atomic mass is 16.2. The van der Waals surface area contributed by atoms with Gasteiger partial charge in [-0.3, -0.25) is 9.59 Å². The van der Waals surface area contributed by atoms with Crippen molar-refractivity contribution in [3.8, 4) is 0 Å². The molecular weight excluding hydrogens is 218 g/mol. The van der Waals surface area contributed by atoms with Gasteiger partial charge in [-0.25, -0.2) is 0 Å². The number of carbonyl (C=O) groups is 2. The van der Waals surface area contributed by atoms with Gasteiger partial charge in [0.1, 0.15) is 0 Å². The number of amides is 2. The number of hydrogen-bond donors (Lipinski definition) is 2. The molecule has 5 heteroatoms. The van der Waals surface area contributed by atoms with Crippen LogP contribution in [0.25, 0.3) is 0 Å². The van der Waals surface area contributed by atoms with Crippen LogP contribution in [0, 0.1) is 0 Å². The molecule has 0 spiro atoms. The zero-order valence-electron chi connectivity index (χ0n) is 10.6. The molecule has 0 radical (unpaired) electrons. The van der Waals surface area contributed by atoms with E-state index in [0.717, 1.165) is 25.7 Å².